The Morgan fingerprint density at radius 1 is 1.10 bits per heavy atom. The van der Waals surface area contributed by atoms with Crippen molar-refractivity contribution in [1.29, 1.82) is 0 Å². The molecule has 3 aromatic rings. The van der Waals surface area contributed by atoms with Gasteiger partial charge in [-0.15, -0.1) is 0 Å². The predicted octanol–water partition coefficient (Wildman–Crippen LogP) is 2.63. The highest BCUT2D eigenvalue weighted by atomic mass is 32.2. The molecule has 0 aliphatic rings. The topological polar surface area (TPSA) is 101 Å². The average molecular weight is 411 g/mol. The summed E-state index contributed by atoms with van der Waals surface area (Å²) in [5.74, 6) is -0.565. The third-order valence-corrected chi connectivity index (χ3v) is 5.65. The maximum absolute atomic E-state index is 12.8. The van der Waals surface area contributed by atoms with Gasteiger partial charge in [-0.3, -0.25) is 4.79 Å². The van der Waals surface area contributed by atoms with Crippen molar-refractivity contribution in [3.8, 4) is 0 Å². The van der Waals surface area contributed by atoms with Crippen molar-refractivity contribution in [2.75, 3.05) is 0 Å². The van der Waals surface area contributed by atoms with E-state index >= 15 is 0 Å². The Morgan fingerprint density at radius 2 is 1.83 bits per heavy atom. The molecule has 2 aromatic carbocycles. The molecule has 7 nitrogen and oxygen atoms in total. The number of nitrogens with zero attached hydrogens (tertiary/aromatic N) is 1. The van der Waals surface area contributed by atoms with Gasteiger partial charge in [-0.25, -0.2) is 13.8 Å². The van der Waals surface area contributed by atoms with Gasteiger partial charge in [0.05, 0.1) is 23.6 Å². The molecule has 1 atom stereocenters. The molecule has 1 aromatic heterocycles. The van der Waals surface area contributed by atoms with Crippen LogP contribution in [0.2, 0.25) is 0 Å². The van der Waals surface area contributed by atoms with Gasteiger partial charge < -0.3 is 4.42 Å². The summed E-state index contributed by atoms with van der Waals surface area (Å²) in [6, 6.07) is 16.2. The summed E-state index contributed by atoms with van der Waals surface area (Å²) in [5.41, 5.74) is 4.82. The smallest absolute Gasteiger partial charge is 0.258 e. The second kappa shape index (κ2) is 9.31. The maximum atomic E-state index is 12.8. The van der Waals surface area contributed by atoms with Crippen LogP contribution >= 0.6 is 0 Å². The van der Waals surface area contributed by atoms with Crippen LogP contribution in [0.25, 0.3) is 0 Å². The molecule has 0 spiro atoms. The van der Waals surface area contributed by atoms with E-state index in [0.29, 0.717) is 5.56 Å². The zero-order chi connectivity index (χ0) is 20.7. The highest BCUT2D eigenvalue weighted by Gasteiger charge is 2.26. The molecule has 0 fully saturated rings. The molecule has 1 amide bonds. The summed E-state index contributed by atoms with van der Waals surface area (Å²) in [4.78, 5) is 12.8. The average Bonchev–Trinajstić information content (AvgIpc) is 3.22. The van der Waals surface area contributed by atoms with E-state index in [0.717, 1.165) is 11.1 Å². The Labute approximate surface area is 169 Å². The molecular formula is C21H21N3O4S. The zero-order valence-electron chi connectivity index (χ0n) is 15.8. The lowest BCUT2D eigenvalue weighted by Gasteiger charge is -2.17. The number of amides is 1. The fourth-order valence-corrected chi connectivity index (χ4v) is 3.80. The lowest BCUT2D eigenvalue weighted by atomic mass is 10.1. The fraction of sp³-hybridized carbons (Fsp3) is 0.143. The fourth-order valence-electron chi connectivity index (χ4n) is 2.61. The van der Waals surface area contributed by atoms with Crippen molar-refractivity contribution in [3.63, 3.8) is 0 Å². The van der Waals surface area contributed by atoms with Crippen molar-refractivity contribution in [1.82, 2.24) is 10.1 Å². The van der Waals surface area contributed by atoms with Crippen molar-refractivity contribution >= 4 is 22.1 Å². The van der Waals surface area contributed by atoms with Crippen LogP contribution in [0.15, 0.2) is 87.6 Å². The van der Waals surface area contributed by atoms with Gasteiger partial charge in [0.1, 0.15) is 6.04 Å². The van der Waals surface area contributed by atoms with Crippen LogP contribution in [0.3, 0.4) is 0 Å². The Kier molecular flexibility index (Phi) is 6.58. The number of benzene rings is 2. The minimum absolute atomic E-state index is 0.0934. The van der Waals surface area contributed by atoms with Crippen LogP contribution in [0.4, 0.5) is 0 Å². The molecule has 0 saturated carbocycles. The van der Waals surface area contributed by atoms with Gasteiger partial charge in [0.15, 0.2) is 0 Å². The number of nitrogens with one attached hydrogen (secondary N) is 2. The number of hydrazone groups is 1. The highest BCUT2D eigenvalue weighted by Crippen LogP contribution is 2.12. The van der Waals surface area contributed by atoms with Crippen molar-refractivity contribution in [3.05, 3.63) is 89.9 Å². The number of carbonyl (C=O) groups is 1. The minimum atomic E-state index is -3.89. The summed E-state index contributed by atoms with van der Waals surface area (Å²) in [7, 11) is -3.89. The zero-order valence-corrected chi connectivity index (χ0v) is 16.6. The van der Waals surface area contributed by atoms with E-state index in [9.17, 15) is 13.2 Å². The molecule has 150 valence electrons. The standard InChI is InChI=1S/C21H21N3O4S/c1-16-7-9-19(10-8-16)29(26,27)24-20(13-17-5-3-2-4-6-17)21(25)23-22-14-18-11-12-28-15-18/h2-12,14-15,20,24H,13H2,1H3,(H,23,25)/b22-14+. The summed E-state index contributed by atoms with van der Waals surface area (Å²) in [6.07, 6.45) is 4.54. The van der Waals surface area contributed by atoms with E-state index in [1.807, 2.05) is 37.3 Å². The monoisotopic (exact) mass is 411 g/mol. The van der Waals surface area contributed by atoms with E-state index in [-0.39, 0.29) is 11.3 Å². The molecule has 1 unspecified atom stereocenters. The second-order valence-corrected chi connectivity index (χ2v) is 8.18. The Balaban J connectivity index is 1.78. The third-order valence-electron chi connectivity index (χ3n) is 4.16. The van der Waals surface area contributed by atoms with E-state index in [2.05, 4.69) is 15.2 Å². The summed E-state index contributed by atoms with van der Waals surface area (Å²) >= 11 is 0. The molecule has 1 heterocycles. The van der Waals surface area contributed by atoms with Gasteiger partial charge in [-0.2, -0.15) is 9.82 Å². The number of hydrogen-bond donors (Lipinski definition) is 2. The normalized spacial score (nSPS) is 12.7. The van der Waals surface area contributed by atoms with Crippen molar-refractivity contribution in [2.45, 2.75) is 24.3 Å². The molecule has 29 heavy (non-hydrogen) atoms. The number of carbonyl (C=O) groups excluding carboxylic acids is 1. The first-order valence-electron chi connectivity index (χ1n) is 8.92. The van der Waals surface area contributed by atoms with Crippen LogP contribution in [0.1, 0.15) is 16.7 Å². The molecule has 0 aliphatic heterocycles. The van der Waals surface area contributed by atoms with Gasteiger partial charge in [-0.1, -0.05) is 48.0 Å². The molecule has 0 aliphatic carbocycles. The first kappa shape index (κ1) is 20.5. The predicted molar refractivity (Wildman–Crippen MR) is 110 cm³/mol. The lowest BCUT2D eigenvalue weighted by molar-refractivity contribution is -0.122. The highest BCUT2D eigenvalue weighted by molar-refractivity contribution is 7.89. The first-order chi connectivity index (χ1) is 13.9. The maximum Gasteiger partial charge on any atom is 0.258 e. The lowest BCUT2D eigenvalue weighted by Crippen LogP contribution is -2.46. The van der Waals surface area contributed by atoms with E-state index < -0.39 is 22.0 Å². The van der Waals surface area contributed by atoms with Crippen LogP contribution < -0.4 is 10.1 Å². The Bertz CT molecular complexity index is 1060. The second-order valence-electron chi connectivity index (χ2n) is 6.47. The van der Waals surface area contributed by atoms with Crippen molar-refractivity contribution in [2.24, 2.45) is 5.10 Å². The molecule has 0 saturated heterocycles. The number of hydrogen-bond acceptors (Lipinski definition) is 5. The number of rotatable bonds is 8. The van der Waals surface area contributed by atoms with Gasteiger partial charge >= 0.3 is 0 Å². The van der Waals surface area contributed by atoms with Gasteiger partial charge in [0.25, 0.3) is 5.91 Å². The summed E-state index contributed by atoms with van der Waals surface area (Å²) < 4.78 is 32.9. The molecular weight excluding hydrogens is 390 g/mol. The van der Waals surface area contributed by atoms with E-state index in [1.54, 1.807) is 18.2 Å². The van der Waals surface area contributed by atoms with E-state index in [1.165, 1.54) is 30.9 Å². The quantitative estimate of drug-likeness (QED) is 0.439. The molecule has 2 N–H and O–H groups in total. The molecule has 8 heteroatoms. The number of sulfonamides is 1. The van der Waals surface area contributed by atoms with Crippen LogP contribution in [-0.2, 0) is 21.2 Å². The van der Waals surface area contributed by atoms with Crippen LogP contribution in [-0.4, -0.2) is 26.6 Å². The largest absolute Gasteiger partial charge is 0.472 e. The molecule has 0 radical (unpaired) electrons. The van der Waals surface area contributed by atoms with Gasteiger partial charge in [0.2, 0.25) is 10.0 Å². The Hall–Kier alpha value is -3.23. The van der Waals surface area contributed by atoms with Gasteiger partial charge in [-0.05, 0) is 37.1 Å². The molecule has 3 rings (SSSR count). The Morgan fingerprint density at radius 3 is 2.48 bits per heavy atom. The molecule has 0 bridgehead atoms. The SMILES string of the molecule is Cc1ccc(S(=O)(=O)NC(Cc2ccccc2)C(=O)N/N=C/c2ccoc2)cc1. The first-order valence-corrected chi connectivity index (χ1v) is 10.4. The summed E-state index contributed by atoms with van der Waals surface area (Å²) in [6.45, 7) is 1.87. The summed E-state index contributed by atoms with van der Waals surface area (Å²) in [5, 5.41) is 3.87. The van der Waals surface area contributed by atoms with Crippen LogP contribution in [0, 0.1) is 6.92 Å². The third kappa shape index (κ3) is 5.87. The van der Waals surface area contributed by atoms with E-state index in [4.69, 9.17) is 4.42 Å². The van der Waals surface area contributed by atoms with Crippen LogP contribution in [0.5, 0.6) is 0 Å². The number of aryl methyl sites for hydroxylation is 1. The van der Waals surface area contributed by atoms with Gasteiger partial charge in [0, 0.05) is 5.56 Å². The minimum Gasteiger partial charge on any atom is -0.472 e. The van der Waals surface area contributed by atoms with Crippen molar-refractivity contribution < 1.29 is 17.6 Å². The number of furan rings is 1.